The van der Waals surface area contributed by atoms with Gasteiger partial charge in [-0.05, 0) is 0 Å². The maximum atomic E-state index is 11.0. The van der Waals surface area contributed by atoms with Gasteiger partial charge in [-0.25, -0.2) is 0 Å². The molecule has 0 aliphatic heterocycles. The van der Waals surface area contributed by atoms with Gasteiger partial charge >= 0.3 is 62.1 Å². The summed E-state index contributed by atoms with van der Waals surface area (Å²) in [6.07, 6.45) is 0.337. The van der Waals surface area contributed by atoms with Gasteiger partial charge < -0.3 is 0 Å². The van der Waals surface area contributed by atoms with Crippen LogP contribution in [0.1, 0.15) is 10.4 Å². The Kier molecular flexibility index (Phi) is 2.35. The summed E-state index contributed by atoms with van der Waals surface area (Å²) in [5.41, 5.74) is 0.748. The fourth-order valence-corrected chi connectivity index (χ4v) is 0.768. The van der Waals surface area contributed by atoms with Crippen molar-refractivity contribution in [2.24, 2.45) is 0 Å². The van der Waals surface area contributed by atoms with Crippen LogP contribution in [0.2, 0.25) is 6.14 Å². The Hall–Kier alpha value is -0.941. The third-order valence-corrected chi connectivity index (χ3v) is 1.32. The molecular formula is C8H7BeO. The number of Topliss-reactive ketones (excluding diaryl/α,β-unsaturated/α-hetero) is 1. The summed E-state index contributed by atoms with van der Waals surface area (Å²) < 4.78 is 0. The van der Waals surface area contributed by atoms with E-state index in [9.17, 15) is 4.79 Å². The SMILES string of the molecule is [Be][CH2]C(=O)c1ccccc1. The summed E-state index contributed by atoms with van der Waals surface area (Å²) in [5.74, 6) is 0.0978. The van der Waals surface area contributed by atoms with Crippen LogP contribution >= 0.6 is 0 Å². The average molecular weight is 128 g/mol. The van der Waals surface area contributed by atoms with E-state index in [0.717, 1.165) is 5.56 Å². The van der Waals surface area contributed by atoms with Crippen LogP contribution in [0.4, 0.5) is 0 Å². The molecule has 0 bridgehead atoms. The van der Waals surface area contributed by atoms with Gasteiger partial charge in [-0.15, -0.1) is 0 Å². The topological polar surface area (TPSA) is 17.1 Å². The first kappa shape index (κ1) is 7.17. The molecule has 0 fully saturated rings. The van der Waals surface area contributed by atoms with Gasteiger partial charge in [0.05, 0.1) is 0 Å². The van der Waals surface area contributed by atoms with Crippen LogP contribution < -0.4 is 0 Å². The third kappa shape index (κ3) is 1.52. The van der Waals surface area contributed by atoms with Crippen molar-refractivity contribution >= 4 is 15.2 Å². The van der Waals surface area contributed by atoms with E-state index in [2.05, 4.69) is 9.45 Å². The van der Waals surface area contributed by atoms with Crippen molar-refractivity contribution in [3.8, 4) is 0 Å². The molecule has 0 spiro atoms. The summed E-state index contributed by atoms with van der Waals surface area (Å²) in [4.78, 5) is 11.0. The fraction of sp³-hybridized carbons (Fsp3) is 0.125. The summed E-state index contributed by atoms with van der Waals surface area (Å²) in [7, 11) is 3.51. The van der Waals surface area contributed by atoms with E-state index in [4.69, 9.17) is 0 Å². The van der Waals surface area contributed by atoms with E-state index in [-0.39, 0.29) is 5.78 Å². The molecule has 1 rings (SSSR count). The zero-order valence-electron chi connectivity index (χ0n) is 5.71. The Morgan fingerprint density at radius 1 is 1.30 bits per heavy atom. The van der Waals surface area contributed by atoms with Crippen LogP contribution in [0.25, 0.3) is 0 Å². The zero-order chi connectivity index (χ0) is 7.40. The molecule has 47 valence electrons. The number of benzene rings is 1. The van der Waals surface area contributed by atoms with Crippen molar-refractivity contribution in [2.75, 3.05) is 0 Å². The van der Waals surface area contributed by atoms with Gasteiger partial charge in [0.15, 0.2) is 0 Å². The van der Waals surface area contributed by atoms with Gasteiger partial charge in [-0.3, -0.25) is 0 Å². The first-order valence-electron chi connectivity index (χ1n) is 3.22. The number of hydrogen-bond donors (Lipinski definition) is 0. The van der Waals surface area contributed by atoms with Crippen molar-refractivity contribution in [3.05, 3.63) is 35.9 Å². The van der Waals surface area contributed by atoms with Crippen LogP contribution in [0.3, 0.4) is 0 Å². The molecule has 0 unspecified atom stereocenters. The second kappa shape index (κ2) is 3.28. The van der Waals surface area contributed by atoms with Gasteiger partial charge in [-0.2, -0.15) is 0 Å². The first-order chi connectivity index (χ1) is 4.84. The van der Waals surface area contributed by atoms with E-state index in [1.54, 1.807) is 12.1 Å². The maximum absolute atomic E-state index is 11.0. The zero-order valence-corrected chi connectivity index (χ0v) is 5.71. The average Bonchev–Trinajstić information content (AvgIpc) is 2.05. The van der Waals surface area contributed by atoms with Gasteiger partial charge in [0.25, 0.3) is 0 Å². The van der Waals surface area contributed by atoms with Crippen LogP contribution in [-0.2, 0) is 0 Å². The van der Waals surface area contributed by atoms with Crippen molar-refractivity contribution in [2.45, 2.75) is 6.14 Å². The number of ketones is 1. The van der Waals surface area contributed by atoms with Crippen LogP contribution in [-0.4, -0.2) is 15.2 Å². The minimum atomic E-state index is 0.0978. The molecule has 1 nitrogen and oxygen atoms in total. The van der Waals surface area contributed by atoms with E-state index in [1.807, 2.05) is 18.2 Å². The Bertz CT molecular complexity index is 218. The van der Waals surface area contributed by atoms with Gasteiger partial charge in [0.2, 0.25) is 0 Å². The summed E-state index contributed by atoms with van der Waals surface area (Å²) >= 11 is 0. The van der Waals surface area contributed by atoms with Crippen LogP contribution in [0.5, 0.6) is 0 Å². The van der Waals surface area contributed by atoms with Gasteiger partial charge in [0, 0.05) is 0 Å². The van der Waals surface area contributed by atoms with E-state index < -0.39 is 0 Å². The standard InChI is InChI=1S/C8H7O.Be/c1-7(9)8-5-3-2-4-6-8;/h2-6H,1H2;. The number of rotatable bonds is 2. The quantitative estimate of drug-likeness (QED) is 0.435. The molecule has 1 aromatic carbocycles. The molecular weight excluding hydrogens is 121 g/mol. The van der Waals surface area contributed by atoms with Crippen molar-refractivity contribution in [3.63, 3.8) is 0 Å². The van der Waals surface area contributed by atoms with Crippen molar-refractivity contribution < 1.29 is 4.79 Å². The molecule has 0 N–H and O–H groups in total. The van der Waals surface area contributed by atoms with E-state index in [1.165, 1.54) is 0 Å². The first-order valence-corrected chi connectivity index (χ1v) is 3.22. The van der Waals surface area contributed by atoms with Crippen molar-refractivity contribution in [1.29, 1.82) is 0 Å². The third-order valence-electron chi connectivity index (χ3n) is 1.32. The molecule has 0 aromatic heterocycles. The molecule has 0 saturated heterocycles. The van der Waals surface area contributed by atoms with Crippen molar-refractivity contribution in [1.82, 2.24) is 0 Å². The minimum absolute atomic E-state index is 0.0978. The normalized spacial score (nSPS) is 9.10. The van der Waals surface area contributed by atoms with E-state index in [0.29, 0.717) is 6.14 Å². The Labute approximate surface area is 62.8 Å². The molecule has 0 atom stereocenters. The number of hydrogen-bond acceptors (Lipinski definition) is 1. The molecule has 1 aromatic rings. The summed E-state index contributed by atoms with van der Waals surface area (Å²) in [5, 5.41) is 0. The van der Waals surface area contributed by atoms with Crippen LogP contribution in [0.15, 0.2) is 30.3 Å². The van der Waals surface area contributed by atoms with Gasteiger partial charge in [-0.1, -0.05) is 0 Å². The predicted molar refractivity (Wildman–Crippen MR) is 41.3 cm³/mol. The summed E-state index contributed by atoms with van der Waals surface area (Å²) in [6.45, 7) is 0. The Morgan fingerprint density at radius 3 is 2.40 bits per heavy atom. The van der Waals surface area contributed by atoms with Crippen LogP contribution in [0, 0.1) is 0 Å². The molecule has 0 amide bonds. The van der Waals surface area contributed by atoms with Gasteiger partial charge in [0.1, 0.15) is 0 Å². The Balaban J connectivity index is 2.85. The summed E-state index contributed by atoms with van der Waals surface area (Å²) in [6, 6.07) is 9.19. The molecule has 0 aliphatic rings. The molecule has 1 radical (unpaired) electrons. The molecule has 0 saturated carbocycles. The second-order valence-electron chi connectivity index (χ2n) is 2.04. The molecule has 2 heteroatoms. The second-order valence-corrected chi connectivity index (χ2v) is 2.04. The monoisotopic (exact) mass is 128 g/mol. The Morgan fingerprint density at radius 2 is 1.90 bits per heavy atom. The molecule has 10 heavy (non-hydrogen) atoms. The molecule has 0 heterocycles. The predicted octanol–water partition coefficient (Wildman–Crippen LogP) is 1.46. The molecule has 0 aliphatic carbocycles. The van der Waals surface area contributed by atoms with E-state index >= 15 is 0 Å². The number of carbonyl (C=O) groups excluding carboxylic acids is 1. The number of carbonyl (C=O) groups is 1. The fourth-order valence-electron chi connectivity index (χ4n) is 0.768.